The first kappa shape index (κ1) is 42.8. The number of hydrogen-bond donors (Lipinski definition) is 0. The first-order valence-electron chi connectivity index (χ1n) is 21.6. The molecule has 0 fully saturated rings. The lowest BCUT2D eigenvalue weighted by atomic mass is 9.89. The van der Waals surface area contributed by atoms with Gasteiger partial charge in [-0.05, 0) is 177 Å². The summed E-state index contributed by atoms with van der Waals surface area (Å²) in [7, 11) is 0. The second kappa shape index (κ2) is 16.7. The molecule has 326 valence electrons. The van der Waals surface area contributed by atoms with Gasteiger partial charge in [0.15, 0.2) is 0 Å². The van der Waals surface area contributed by atoms with Crippen LogP contribution in [0.15, 0.2) is 194 Å². The molecule has 67 heavy (non-hydrogen) atoms. The standard InChI is InChI=1S/C59H38F6N2/c1-36-13-3-6-16-47(36)43-27-41(29-45(31-43)49-18-8-10-20-53(49)58(60,61)62)38-23-25-56-51(33-38)52-34-39(24-26-57(52)67(56)55-22-12-5-15-40(55)35-66)42-28-44(48-17-7-4-14-37(48)2)32-46(30-42)50-19-9-11-21-54(50)59(63,64)65/h3-34H,1-2H3. The zero-order valence-electron chi connectivity index (χ0n) is 36.1. The molecule has 0 radical (unpaired) electrons. The third-order valence-corrected chi connectivity index (χ3v) is 12.6. The highest BCUT2D eigenvalue weighted by Gasteiger charge is 2.34. The third-order valence-electron chi connectivity index (χ3n) is 12.6. The molecule has 0 bridgehead atoms. The Labute approximate surface area is 383 Å². The second-order valence-electron chi connectivity index (χ2n) is 16.7. The van der Waals surface area contributed by atoms with E-state index in [4.69, 9.17) is 0 Å². The topological polar surface area (TPSA) is 28.7 Å². The maximum Gasteiger partial charge on any atom is 0.417 e. The predicted molar refractivity (Wildman–Crippen MR) is 258 cm³/mol. The fourth-order valence-corrected chi connectivity index (χ4v) is 9.37. The van der Waals surface area contributed by atoms with Gasteiger partial charge < -0.3 is 4.57 Å². The smallest absolute Gasteiger partial charge is 0.308 e. The maximum absolute atomic E-state index is 14.6. The number of alkyl halides is 6. The average Bonchev–Trinajstić information content (AvgIpc) is 3.66. The van der Waals surface area contributed by atoms with Crippen LogP contribution < -0.4 is 0 Å². The van der Waals surface area contributed by atoms with Gasteiger partial charge in [0.05, 0.1) is 33.4 Å². The van der Waals surface area contributed by atoms with Crippen molar-refractivity contribution in [2.45, 2.75) is 26.2 Å². The van der Waals surface area contributed by atoms with Crippen molar-refractivity contribution in [3.63, 3.8) is 0 Å². The number of benzene rings is 9. The summed E-state index contributed by atoms with van der Waals surface area (Å²) in [6.07, 6.45) is -9.18. The Balaban J connectivity index is 1.23. The van der Waals surface area contributed by atoms with E-state index in [-0.39, 0.29) is 11.1 Å². The van der Waals surface area contributed by atoms with Gasteiger partial charge in [-0.1, -0.05) is 109 Å². The number of para-hydroxylation sites is 1. The molecule has 0 aliphatic carbocycles. The number of aromatic nitrogens is 1. The van der Waals surface area contributed by atoms with Crippen LogP contribution in [0.4, 0.5) is 26.3 Å². The lowest BCUT2D eigenvalue weighted by Gasteiger charge is -2.16. The summed E-state index contributed by atoms with van der Waals surface area (Å²) in [5.41, 5.74) is 10.3. The summed E-state index contributed by atoms with van der Waals surface area (Å²) in [4.78, 5) is 0. The van der Waals surface area contributed by atoms with Crippen molar-refractivity contribution in [2.24, 2.45) is 0 Å². The average molecular weight is 889 g/mol. The molecule has 2 nitrogen and oxygen atoms in total. The lowest BCUT2D eigenvalue weighted by molar-refractivity contribution is -0.137. The zero-order chi connectivity index (χ0) is 46.6. The van der Waals surface area contributed by atoms with Crippen LogP contribution in [-0.2, 0) is 12.4 Å². The molecule has 0 aliphatic rings. The Kier molecular flexibility index (Phi) is 10.7. The Bertz CT molecular complexity index is 3400. The van der Waals surface area contributed by atoms with E-state index in [0.717, 1.165) is 78.4 Å². The van der Waals surface area contributed by atoms with Gasteiger partial charge in [0.25, 0.3) is 0 Å². The van der Waals surface area contributed by atoms with Crippen molar-refractivity contribution in [1.82, 2.24) is 4.57 Å². The van der Waals surface area contributed by atoms with Crippen LogP contribution in [0, 0.1) is 25.2 Å². The van der Waals surface area contributed by atoms with Gasteiger partial charge in [0.1, 0.15) is 6.07 Å². The van der Waals surface area contributed by atoms with Gasteiger partial charge in [-0.2, -0.15) is 31.6 Å². The molecule has 0 amide bonds. The van der Waals surface area contributed by atoms with Crippen LogP contribution in [0.2, 0.25) is 0 Å². The predicted octanol–water partition coefficient (Wildman–Crippen LogP) is 17.3. The normalized spacial score (nSPS) is 11.9. The number of fused-ring (bicyclic) bond motifs is 3. The minimum atomic E-state index is -4.59. The second-order valence-corrected chi connectivity index (χ2v) is 16.7. The van der Waals surface area contributed by atoms with Crippen LogP contribution in [0.1, 0.15) is 27.8 Å². The molecule has 0 spiro atoms. The van der Waals surface area contributed by atoms with Gasteiger partial charge in [0, 0.05) is 10.8 Å². The molecule has 10 rings (SSSR count). The van der Waals surface area contributed by atoms with Gasteiger partial charge in [-0.25, -0.2) is 0 Å². The molecule has 8 heteroatoms. The van der Waals surface area contributed by atoms with Crippen molar-refractivity contribution < 1.29 is 26.3 Å². The maximum atomic E-state index is 14.6. The quantitative estimate of drug-likeness (QED) is 0.147. The summed E-state index contributed by atoms with van der Waals surface area (Å²) in [6.45, 7) is 3.94. The largest absolute Gasteiger partial charge is 0.417 e. The molecule has 0 saturated heterocycles. The summed E-state index contributed by atoms with van der Waals surface area (Å²) in [6, 6.07) is 59.4. The Morgan fingerprint density at radius 2 is 0.731 bits per heavy atom. The van der Waals surface area contributed by atoms with Crippen molar-refractivity contribution in [3.05, 3.63) is 222 Å². The number of aryl methyl sites for hydroxylation is 2. The molecule has 0 saturated carbocycles. The summed E-state index contributed by atoms with van der Waals surface area (Å²) < 4.78 is 89.3. The molecule has 0 N–H and O–H groups in total. The molecule has 9 aromatic carbocycles. The molecule has 1 aromatic heterocycles. The monoisotopic (exact) mass is 888 g/mol. The van der Waals surface area contributed by atoms with Crippen molar-refractivity contribution in [2.75, 3.05) is 0 Å². The molecule has 0 aliphatic heterocycles. The number of nitriles is 1. The minimum absolute atomic E-state index is 0.0623. The zero-order valence-corrected chi connectivity index (χ0v) is 36.1. The van der Waals surface area contributed by atoms with Crippen molar-refractivity contribution >= 4 is 21.8 Å². The summed E-state index contributed by atoms with van der Waals surface area (Å²) >= 11 is 0. The highest BCUT2D eigenvalue weighted by atomic mass is 19.4. The van der Waals surface area contributed by atoms with E-state index in [2.05, 4.69) is 6.07 Å². The van der Waals surface area contributed by atoms with E-state index in [0.29, 0.717) is 33.5 Å². The van der Waals surface area contributed by atoms with Crippen molar-refractivity contribution in [1.29, 1.82) is 5.26 Å². The van der Waals surface area contributed by atoms with Gasteiger partial charge in [-0.15, -0.1) is 0 Å². The Hall–Kier alpha value is -8.15. The fourth-order valence-electron chi connectivity index (χ4n) is 9.37. The lowest BCUT2D eigenvalue weighted by Crippen LogP contribution is -2.07. The summed E-state index contributed by atoms with van der Waals surface area (Å²) in [5.74, 6) is 0. The van der Waals surface area contributed by atoms with Crippen LogP contribution in [0.3, 0.4) is 0 Å². The highest BCUT2D eigenvalue weighted by Crippen LogP contribution is 2.44. The Morgan fingerprint density at radius 3 is 1.15 bits per heavy atom. The number of rotatable bonds is 7. The van der Waals surface area contributed by atoms with E-state index in [1.54, 1.807) is 48.5 Å². The van der Waals surface area contributed by atoms with E-state index < -0.39 is 23.5 Å². The van der Waals surface area contributed by atoms with Crippen LogP contribution in [0.5, 0.6) is 0 Å². The Morgan fingerprint density at radius 1 is 0.373 bits per heavy atom. The van der Waals surface area contributed by atoms with Gasteiger partial charge in [-0.3, -0.25) is 0 Å². The molecule has 1 heterocycles. The number of halogens is 6. The van der Waals surface area contributed by atoms with E-state index in [9.17, 15) is 31.6 Å². The van der Waals surface area contributed by atoms with Crippen LogP contribution in [0.25, 0.3) is 94.3 Å². The molecule has 0 atom stereocenters. The van der Waals surface area contributed by atoms with Gasteiger partial charge in [0.2, 0.25) is 0 Å². The first-order chi connectivity index (χ1) is 32.3. The first-order valence-corrected chi connectivity index (χ1v) is 21.6. The highest BCUT2D eigenvalue weighted by molar-refractivity contribution is 6.12. The van der Waals surface area contributed by atoms with Crippen LogP contribution in [-0.4, -0.2) is 4.57 Å². The third kappa shape index (κ3) is 7.93. The number of nitrogens with zero attached hydrogens (tertiary/aromatic N) is 2. The van der Waals surface area contributed by atoms with E-state index in [1.165, 1.54) is 24.3 Å². The van der Waals surface area contributed by atoms with Crippen molar-refractivity contribution in [3.8, 4) is 78.5 Å². The van der Waals surface area contributed by atoms with E-state index in [1.807, 2.05) is 128 Å². The fraction of sp³-hybridized carbons (Fsp3) is 0.0678. The minimum Gasteiger partial charge on any atom is -0.308 e. The summed E-state index contributed by atoms with van der Waals surface area (Å²) in [5, 5.41) is 11.9. The molecule has 10 aromatic rings. The molecular weight excluding hydrogens is 851 g/mol. The van der Waals surface area contributed by atoms with E-state index >= 15 is 0 Å². The number of hydrogen-bond acceptors (Lipinski definition) is 1. The SMILES string of the molecule is Cc1ccccc1-c1cc(-c2ccc3c(c2)c2cc(-c4cc(-c5ccccc5C)cc(-c5ccccc5C(F)(F)F)c4)ccc2n3-c2ccccc2C#N)cc(-c2ccccc2C(F)(F)F)c1. The molecular formula is C59H38F6N2. The van der Waals surface area contributed by atoms with Crippen LogP contribution >= 0.6 is 0 Å². The molecule has 0 unspecified atom stereocenters. The van der Waals surface area contributed by atoms with Gasteiger partial charge >= 0.3 is 12.4 Å².